The number of imidazole rings is 1. The van der Waals surface area contributed by atoms with E-state index in [1.807, 2.05) is 67.2 Å². The third kappa shape index (κ3) is 5.69. The average Bonchev–Trinajstić information content (AvgIpc) is 3.25. The van der Waals surface area contributed by atoms with Crippen molar-refractivity contribution in [2.24, 2.45) is 7.05 Å². The molecule has 1 amide bonds. The molecule has 3 rings (SSSR count). The monoisotopic (exact) mass is 435 g/mol. The van der Waals surface area contributed by atoms with Crippen LogP contribution in [0, 0.1) is 0 Å². The Bertz CT molecular complexity index is 1060. The molecule has 0 aliphatic rings. The highest BCUT2D eigenvalue weighted by Gasteiger charge is 2.20. The molecule has 7 nitrogen and oxygen atoms in total. The first-order valence-electron chi connectivity index (χ1n) is 10.5. The van der Waals surface area contributed by atoms with Crippen molar-refractivity contribution in [1.29, 1.82) is 0 Å². The van der Waals surface area contributed by atoms with E-state index in [1.54, 1.807) is 26.5 Å². The van der Waals surface area contributed by atoms with E-state index in [9.17, 15) is 4.79 Å². The minimum atomic E-state index is -0.405. The van der Waals surface area contributed by atoms with Crippen molar-refractivity contribution in [3.8, 4) is 17.2 Å². The first-order chi connectivity index (χ1) is 15.5. The van der Waals surface area contributed by atoms with Crippen molar-refractivity contribution in [1.82, 2.24) is 14.9 Å². The van der Waals surface area contributed by atoms with E-state index < -0.39 is 6.04 Å². The normalized spacial score (nSPS) is 11.9. The molecule has 0 bridgehead atoms. The summed E-state index contributed by atoms with van der Waals surface area (Å²) in [7, 11) is 5.12. The summed E-state index contributed by atoms with van der Waals surface area (Å²) in [6.45, 7) is 2.67. The van der Waals surface area contributed by atoms with Gasteiger partial charge >= 0.3 is 0 Å². The van der Waals surface area contributed by atoms with Gasteiger partial charge in [0.25, 0.3) is 0 Å². The van der Waals surface area contributed by atoms with Gasteiger partial charge in [-0.15, -0.1) is 0 Å². The van der Waals surface area contributed by atoms with E-state index in [0.717, 1.165) is 29.1 Å². The summed E-state index contributed by atoms with van der Waals surface area (Å²) in [4.78, 5) is 17.2. The van der Waals surface area contributed by atoms with Gasteiger partial charge in [0.1, 0.15) is 17.6 Å². The van der Waals surface area contributed by atoms with E-state index in [1.165, 1.54) is 6.08 Å². The van der Waals surface area contributed by atoms with E-state index in [-0.39, 0.29) is 5.91 Å². The number of nitrogens with zero attached hydrogens (tertiary/aromatic N) is 2. The fourth-order valence-corrected chi connectivity index (χ4v) is 3.23. The molecule has 0 fully saturated rings. The van der Waals surface area contributed by atoms with Crippen LogP contribution in [0.25, 0.3) is 6.08 Å². The molecule has 7 heteroatoms. The predicted octanol–water partition coefficient (Wildman–Crippen LogP) is 4.15. The molecule has 2 aromatic carbocycles. The number of benzene rings is 2. The third-order valence-electron chi connectivity index (χ3n) is 4.93. The number of methoxy groups -OCH3 is 2. The number of amides is 1. The second-order valence-electron chi connectivity index (χ2n) is 7.20. The summed E-state index contributed by atoms with van der Waals surface area (Å²) in [5.74, 6) is 2.56. The number of ether oxygens (including phenoxy) is 3. The Hall–Kier alpha value is -3.74. The average molecular weight is 436 g/mol. The van der Waals surface area contributed by atoms with Crippen LogP contribution in [0.4, 0.5) is 0 Å². The van der Waals surface area contributed by atoms with Crippen LogP contribution in [0.5, 0.6) is 17.2 Å². The topological polar surface area (TPSA) is 74.6 Å². The van der Waals surface area contributed by atoms with Gasteiger partial charge in [0.05, 0.1) is 20.8 Å². The van der Waals surface area contributed by atoms with Gasteiger partial charge in [0.2, 0.25) is 5.91 Å². The maximum atomic E-state index is 12.8. The minimum Gasteiger partial charge on any atom is -0.497 e. The summed E-state index contributed by atoms with van der Waals surface area (Å²) in [5.41, 5.74) is 1.74. The second-order valence-corrected chi connectivity index (χ2v) is 7.20. The lowest BCUT2D eigenvalue weighted by Crippen LogP contribution is -2.29. The van der Waals surface area contributed by atoms with Crippen LogP contribution in [0.15, 0.2) is 60.9 Å². The molecular weight excluding hydrogens is 406 g/mol. The highest BCUT2D eigenvalue weighted by molar-refractivity contribution is 5.92. The van der Waals surface area contributed by atoms with Crippen LogP contribution in [-0.4, -0.2) is 36.3 Å². The van der Waals surface area contributed by atoms with E-state index in [2.05, 4.69) is 10.3 Å². The smallest absolute Gasteiger partial charge is 0.244 e. The van der Waals surface area contributed by atoms with E-state index in [0.29, 0.717) is 18.1 Å². The maximum Gasteiger partial charge on any atom is 0.244 e. The zero-order valence-corrected chi connectivity index (χ0v) is 18.9. The predicted molar refractivity (Wildman–Crippen MR) is 124 cm³/mol. The molecule has 3 aromatic rings. The van der Waals surface area contributed by atoms with Gasteiger partial charge in [-0.3, -0.25) is 4.79 Å². The van der Waals surface area contributed by atoms with Crippen molar-refractivity contribution in [2.75, 3.05) is 20.8 Å². The number of hydrogen-bond donors (Lipinski definition) is 1. The number of aryl methyl sites for hydroxylation is 1. The second kappa shape index (κ2) is 11.0. The summed E-state index contributed by atoms with van der Waals surface area (Å²) in [6, 6.07) is 12.7. The van der Waals surface area contributed by atoms with Crippen LogP contribution >= 0.6 is 0 Å². The summed E-state index contributed by atoms with van der Waals surface area (Å²) in [6.07, 6.45) is 7.71. The van der Waals surface area contributed by atoms with Crippen molar-refractivity contribution in [2.45, 2.75) is 19.4 Å². The van der Waals surface area contributed by atoms with Gasteiger partial charge in [-0.05, 0) is 47.9 Å². The molecule has 1 atom stereocenters. The lowest BCUT2D eigenvalue weighted by Gasteiger charge is -2.18. The van der Waals surface area contributed by atoms with Crippen molar-refractivity contribution in [3.63, 3.8) is 0 Å². The molecule has 1 aromatic heterocycles. The number of aromatic nitrogens is 2. The van der Waals surface area contributed by atoms with Crippen molar-refractivity contribution >= 4 is 12.0 Å². The van der Waals surface area contributed by atoms with E-state index in [4.69, 9.17) is 14.2 Å². The number of carbonyl (C=O) groups is 1. The molecule has 0 aliphatic heterocycles. The van der Waals surface area contributed by atoms with E-state index >= 15 is 0 Å². The summed E-state index contributed by atoms with van der Waals surface area (Å²) >= 11 is 0. The van der Waals surface area contributed by atoms with Crippen LogP contribution in [0.3, 0.4) is 0 Å². The lowest BCUT2D eigenvalue weighted by molar-refractivity contribution is -0.117. The fourth-order valence-electron chi connectivity index (χ4n) is 3.23. The molecule has 0 spiro atoms. The molecule has 1 heterocycles. The van der Waals surface area contributed by atoms with Gasteiger partial charge in [0.15, 0.2) is 11.5 Å². The Kier molecular flexibility index (Phi) is 7.91. The van der Waals surface area contributed by atoms with Gasteiger partial charge in [-0.1, -0.05) is 25.1 Å². The van der Waals surface area contributed by atoms with Crippen LogP contribution < -0.4 is 19.5 Å². The van der Waals surface area contributed by atoms with Gasteiger partial charge in [0, 0.05) is 25.5 Å². The van der Waals surface area contributed by atoms with Crippen molar-refractivity contribution in [3.05, 3.63) is 77.9 Å². The minimum absolute atomic E-state index is 0.237. The highest BCUT2D eigenvalue weighted by atomic mass is 16.5. The van der Waals surface area contributed by atoms with Crippen molar-refractivity contribution < 1.29 is 19.0 Å². The van der Waals surface area contributed by atoms with Crippen LogP contribution in [-0.2, 0) is 11.8 Å². The van der Waals surface area contributed by atoms with Crippen LogP contribution in [0.2, 0.25) is 0 Å². The standard InChI is InChI=1S/C25H29N3O4/c1-5-16-32-21-12-6-18(17-22(21)31-4)7-13-23(29)27-24(25-26-14-15-28(25)2)19-8-10-20(30-3)11-9-19/h6-15,17,24H,5,16H2,1-4H3,(H,27,29)/b13-7+. The molecule has 1 N–H and O–H groups in total. The first kappa shape index (κ1) is 22.9. The first-order valence-corrected chi connectivity index (χ1v) is 10.5. The zero-order valence-electron chi connectivity index (χ0n) is 18.9. The zero-order chi connectivity index (χ0) is 22.9. The number of nitrogens with one attached hydrogen (secondary N) is 1. The highest BCUT2D eigenvalue weighted by Crippen LogP contribution is 2.29. The molecule has 0 saturated heterocycles. The number of carbonyl (C=O) groups excluding carboxylic acids is 1. The van der Waals surface area contributed by atoms with Gasteiger partial charge in [-0.2, -0.15) is 0 Å². The Morgan fingerprint density at radius 2 is 1.91 bits per heavy atom. The molecule has 32 heavy (non-hydrogen) atoms. The summed E-state index contributed by atoms with van der Waals surface area (Å²) in [5, 5.41) is 3.05. The Morgan fingerprint density at radius 1 is 1.12 bits per heavy atom. The molecule has 1 unspecified atom stereocenters. The number of hydrogen-bond acceptors (Lipinski definition) is 5. The molecule has 0 saturated carbocycles. The summed E-state index contributed by atoms with van der Waals surface area (Å²) < 4.78 is 18.2. The number of rotatable bonds is 10. The molecule has 0 radical (unpaired) electrons. The quantitative estimate of drug-likeness (QED) is 0.485. The third-order valence-corrected chi connectivity index (χ3v) is 4.93. The largest absolute Gasteiger partial charge is 0.497 e. The fraction of sp³-hybridized carbons (Fsp3) is 0.280. The maximum absolute atomic E-state index is 12.8. The molecule has 168 valence electrons. The van der Waals surface area contributed by atoms with Gasteiger partial charge < -0.3 is 24.1 Å². The molecular formula is C25H29N3O4. The lowest BCUT2D eigenvalue weighted by atomic mass is 10.1. The Morgan fingerprint density at radius 3 is 2.53 bits per heavy atom. The Balaban J connectivity index is 1.77. The SMILES string of the molecule is CCCOc1ccc(/C=C/C(=O)NC(c2ccc(OC)cc2)c2nccn2C)cc1OC. The van der Waals surface area contributed by atoms with Crippen LogP contribution in [0.1, 0.15) is 36.3 Å². The van der Waals surface area contributed by atoms with Gasteiger partial charge in [-0.25, -0.2) is 4.98 Å². The molecule has 0 aliphatic carbocycles. The Labute approximate surface area is 188 Å².